The van der Waals surface area contributed by atoms with Crippen molar-refractivity contribution in [2.24, 2.45) is 0 Å². The highest BCUT2D eigenvalue weighted by atomic mass is 16.5. The highest BCUT2D eigenvalue weighted by molar-refractivity contribution is 5.90. The van der Waals surface area contributed by atoms with E-state index in [-0.39, 0.29) is 24.7 Å². The Hall–Kier alpha value is -1.75. The summed E-state index contributed by atoms with van der Waals surface area (Å²) in [6, 6.07) is 5.44. The van der Waals surface area contributed by atoms with Crippen LogP contribution in [0.2, 0.25) is 0 Å². The van der Waals surface area contributed by atoms with Crippen molar-refractivity contribution >= 4 is 11.7 Å². The van der Waals surface area contributed by atoms with Gasteiger partial charge in [0.25, 0.3) is 0 Å². The molecule has 19 heavy (non-hydrogen) atoms. The molecule has 1 aromatic carbocycles. The molecule has 1 heterocycles. The van der Waals surface area contributed by atoms with Crippen LogP contribution >= 0.6 is 0 Å². The summed E-state index contributed by atoms with van der Waals surface area (Å²) in [5.74, 6) is 0.272. The molecule has 0 saturated carbocycles. The van der Waals surface area contributed by atoms with E-state index in [9.17, 15) is 4.79 Å². The van der Waals surface area contributed by atoms with E-state index in [4.69, 9.17) is 14.6 Å². The van der Waals surface area contributed by atoms with Gasteiger partial charge in [0.05, 0.1) is 24.4 Å². The van der Waals surface area contributed by atoms with Crippen LogP contribution in [0.1, 0.15) is 23.7 Å². The molecule has 0 radical (unpaired) electrons. The van der Waals surface area contributed by atoms with Crippen molar-refractivity contribution < 1.29 is 19.4 Å². The molecule has 1 aliphatic rings. The van der Waals surface area contributed by atoms with Crippen LogP contribution in [0.3, 0.4) is 0 Å². The second-order valence-electron chi connectivity index (χ2n) is 4.69. The van der Waals surface area contributed by atoms with Gasteiger partial charge >= 0.3 is 5.97 Å². The lowest BCUT2D eigenvalue weighted by atomic mass is 10.0. The number of aliphatic hydroxyl groups is 1. The Morgan fingerprint density at radius 2 is 2.26 bits per heavy atom. The summed E-state index contributed by atoms with van der Waals surface area (Å²) in [5.41, 5.74) is 1.40. The van der Waals surface area contributed by atoms with Crippen molar-refractivity contribution in [3.05, 3.63) is 23.8 Å². The minimum atomic E-state index is -0.383. The summed E-state index contributed by atoms with van der Waals surface area (Å²) in [5, 5.41) is 9.08. The van der Waals surface area contributed by atoms with Crippen molar-refractivity contribution in [1.29, 1.82) is 0 Å². The molecule has 2 atom stereocenters. The second kappa shape index (κ2) is 5.48. The Morgan fingerprint density at radius 1 is 1.53 bits per heavy atom. The molecule has 0 spiro atoms. The van der Waals surface area contributed by atoms with E-state index < -0.39 is 0 Å². The lowest BCUT2D eigenvalue weighted by Crippen LogP contribution is -2.46. The smallest absolute Gasteiger partial charge is 0.337 e. The monoisotopic (exact) mass is 265 g/mol. The van der Waals surface area contributed by atoms with E-state index in [0.717, 1.165) is 5.69 Å². The van der Waals surface area contributed by atoms with Crippen molar-refractivity contribution in [2.75, 3.05) is 25.7 Å². The third-order valence-corrected chi connectivity index (χ3v) is 3.60. The Kier molecular flexibility index (Phi) is 3.95. The van der Waals surface area contributed by atoms with Crippen LogP contribution in [0.15, 0.2) is 18.2 Å². The summed E-state index contributed by atoms with van der Waals surface area (Å²) in [6.45, 7) is 2.13. The molecule has 1 aromatic rings. The number of carbonyl (C=O) groups excluding carboxylic acids is 1. The molecule has 2 unspecified atom stereocenters. The van der Waals surface area contributed by atoms with Crippen LogP contribution in [-0.4, -0.2) is 44.0 Å². The van der Waals surface area contributed by atoms with E-state index in [1.165, 1.54) is 7.11 Å². The number of ether oxygens (including phenoxy) is 2. The molecule has 0 aromatic heterocycles. The molecule has 1 N–H and O–H groups in total. The van der Waals surface area contributed by atoms with Gasteiger partial charge in [-0.05, 0) is 25.1 Å². The van der Waals surface area contributed by atoms with Crippen molar-refractivity contribution in [2.45, 2.75) is 25.5 Å². The number of hydrogen-bond donors (Lipinski definition) is 1. The maximum Gasteiger partial charge on any atom is 0.337 e. The summed E-state index contributed by atoms with van der Waals surface area (Å²) in [4.78, 5) is 13.6. The van der Waals surface area contributed by atoms with Crippen LogP contribution in [0.25, 0.3) is 0 Å². The standard InChI is InChI=1S/C14H19NO4/c1-9-12(6-7-16)19-13-8-10(14(17)18-3)4-5-11(13)15(9)2/h4-5,8-9,12,16H,6-7H2,1-3H3. The molecule has 0 aliphatic carbocycles. The number of methoxy groups -OCH3 is 1. The predicted octanol–water partition coefficient (Wildman–Crippen LogP) is 1.44. The first-order valence-corrected chi connectivity index (χ1v) is 6.31. The molecular weight excluding hydrogens is 246 g/mol. The number of hydrogen-bond acceptors (Lipinski definition) is 5. The van der Waals surface area contributed by atoms with Gasteiger partial charge < -0.3 is 19.5 Å². The fourth-order valence-electron chi connectivity index (χ4n) is 2.30. The van der Waals surface area contributed by atoms with Gasteiger partial charge in [0, 0.05) is 20.1 Å². The molecule has 5 heteroatoms. The predicted molar refractivity (Wildman–Crippen MR) is 71.8 cm³/mol. The molecule has 104 valence electrons. The quantitative estimate of drug-likeness (QED) is 0.838. The number of aliphatic hydroxyl groups excluding tert-OH is 1. The number of esters is 1. The maximum absolute atomic E-state index is 11.5. The Labute approximate surface area is 112 Å². The van der Waals surface area contributed by atoms with Crippen molar-refractivity contribution in [3.63, 3.8) is 0 Å². The van der Waals surface area contributed by atoms with Gasteiger partial charge in [-0.1, -0.05) is 0 Å². The van der Waals surface area contributed by atoms with Crippen molar-refractivity contribution in [1.82, 2.24) is 0 Å². The van der Waals surface area contributed by atoms with Crippen LogP contribution in [0.5, 0.6) is 5.75 Å². The molecule has 0 amide bonds. The average Bonchev–Trinajstić information content (AvgIpc) is 2.43. The minimum absolute atomic E-state index is 0.0782. The molecule has 0 bridgehead atoms. The van der Waals surface area contributed by atoms with Crippen LogP contribution in [0, 0.1) is 0 Å². The first-order chi connectivity index (χ1) is 9.08. The third kappa shape index (κ3) is 2.51. The number of benzene rings is 1. The van der Waals surface area contributed by atoms with E-state index in [0.29, 0.717) is 17.7 Å². The first-order valence-electron chi connectivity index (χ1n) is 6.31. The zero-order chi connectivity index (χ0) is 14.0. The molecular formula is C14H19NO4. The largest absolute Gasteiger partial charge is 0.486 e. The lowest BCUT2D eigenvalue weighted by Gasteiger charge is -2.39. The Bertz CT molecular complexity index is 475. The number of likely N-dealkylation sites (N-methyl/N-ethyl adjacent to an activating group) is 1. The van der Waals surface area contributed by atoms with Crippen LogP contribution in [0.4, 0.5) is 5.69 Å². The van der Waals surface area contributed by atoms with Crippen molar-refractivity contribution in [3.8, 4) is 5.75 Å². The summed E-state index contributed by atoms with van der Waals surface area (Å²) in [6.07, 6.45) is 0.475. The SMILES string of the molecule is COC(=O)c1ccc2c(c1)OC(CCO)C(C)N2C. The van der Waals surface area contributed by atoms with E-state index in [1.54, 1.807) is 12.1 Å². The molecule has 5 nitrogen and oxygen atoms in total. The molecule has 0 saturated heterocycles. The van der Waals surface area contributed by atoms with Crippen LogP contribution in [-0.2, 0) is 4.74 Å². The van der Waals surface area contributed by atoms with Gasteiger partial charge in [-0.3, -0.25) is 0 Å². The fourth-order valence-corrected chi connectivity index (χ4v) is 2.30. The topological polar surface area (TPSA) is 59.0 Å². The Morgan fingerprint density at radius 3 is 2.89 bits per heavy atom. The summed E-state index contributed by atoms with van der Waals surface area (Å²) < 4.78 is 10.6. The molecule has 2 rings (SSSR count). The van der Waals surface area contributed by atoms with E-state index in [1.807, 2.05) is 13.1 Å². The van der Waals surface area contributed by atoms with Gasteiger partial charge in [0.15, 0.2) is 0 Å². The van der Waals surface area contributed by atoms with Gasteiger partial charge in [-0.15, -0.1) is 0 Å². The third-order valence-electron chi connectivity index (χ3n) is 3.60. The average molecular weight is 265 g/mol. The number of anilines is 1. The maximum atomic E-state index is 11.5. The fraction of sp³-hybridized carbons (Fsp3) is 0.500. The van der Waals surface area contributed by atoms with E-state index in [2.05, 4.69) is 11.8 Å². The summed E-state index contributed by atoms with van der Waals surface area (Å²) >= 11 is 0. The number of nitrogens with zero attached hydrogens (tertiary/aromatic N) is 1. The molecule has 0 fully saturated rings. The number of rotatable bonds is 3. The van der Waals surface area contributed by atoms with E-state index >= 15 is 0 Å². The van der Waals surface area contributed by atoms with Gasteiger partial charge in [0.2, 0.25) is 0 Å². The second-order valence-corrected chi connectivity index (χ2v) is 4.69. The number of carbonyl (C=O) groups is 1. The van der Waals surface area contributed by atoms with Gasteiger partial charge in [-0.2, -0.15) is 0 Å². The number of fused-ring (bicyclic) bond motifs is 1. The highest BCUT2D eigenvalue weighted by Gasteiger charge is 2.30. The zero-order valence-electron chi connectivity index (χ0n) is 11.4. The molecule has 1 aliphatic heterocycles. The van der Waals surface area contributed by atoms with Gasteiger partial charge in [-0.25, -0.2) is 4.79 Å². The lowest BCUT2D eigenvalue weighted by molar-refractivity contribution is 0.0599. The Balaban J connectivity index is 2.34. The normalized spacial score (nSPS) is 21.6. The summed E-state index contributed by atoms with van der Waals surface area (Å²) in [7, 11) is 3.33. The van der Waals surface area contributed by atoms with Crippen LogP contribution < -0.4 is 9.64 Å². The first kappa shape index (κ1) is 13.7. The highest BCUT2D eigenvalue weighted by Crippen LogP contribution is 2.36. The van der Waals surface area contributed by atoms with Gasteiger partial charge in [0.1, 0.15) is 11.9 Å². The minimum Gasteiger partial charge on any atom is -0.486 e. The zero-order valence-corrected chi connectivity index (χ0v) is 11.4.